The van der Waals surface area contributed by atoms with E-state index in [1.54, 1.807) is 12.1 Å². The number of halogens is 2. The molecule has 7 heteroatoms. The maximum Gasteiger partial charge on any atom is 0.340 e. The molecular weight excluding hydrogens is 478 g/mol. The number of hydrogen-bond acceptors (Lipinski definition) is 3. The second-order valence-corrected chi connectivity index (χ2v) is 7.26. The number of aromatic carboxylic acids is 1. The third-order valence-corrected chi connectivity index (χ3v) is 5.34. The van der Waals surface area contributed by atoms with Gasteiger partial charge in [0.05, 0.1) is 14.6 Å². The number of amides is 1. The first kappa shape index (κ1) is 19.1. The Morgan fingerprint density at radius 1 is 0.926 bits per heavy atom. The molecule has 3 rings (SSSR count). The van der Waals surface area contributed by atoms with E-state index >= 15 is 0 Å². The lowest BCUT2D eigenvalue weighted by molar-refractivity contribution is 0.0692. The van der Waals surface area contributed by atoms with Crippen molar-refractivity contribution < 1.29 is 19.8 Å². The molecule has 0 aliphatic heterocycles. The Labute approximate surface area is 171 Å². The summed E-state index contributed by atoms with van der Waals surface area (Å²) in [7, 11) is 0. The molecule has 0 aromatic heterocycles. The van der Waals surface area contributed by atoms with E-state index in [2.05, 4.69) is 37.2 Å². The van der Waals surface area contributed by atoms with E-state index in [-0.39, 0.29) is 20.2 Å². The largest absolute Gasteiger partial charge is 0.506 e. The van der Waals surface area contributed by atoms with Crippen LogP contribution in [0.5, 0.6) is 5.75 Å². The van der Waals surface area contributed by atoms with Crippen molar-refractivity contribution in [1.82, 2.24) is 0 Å². The minimum Gasteiger partial charge on any atom is -0.506 e. The zero-order chi connectivity index (χ0) is 19.6. The summed E-state index contributed by atoms with van der Waals surface area (Å²) in [5.41, 5.74) is 1.97. The van der Waals surface area contributed by atoms with Gasteiger partial charge < -0.3 is 15.5 Å². The zero-order valence-electron chi connectivity index (χ0n) is 13.7. The molecule has 0 aliphatic rings. The number of nitrogens with one attached hydrogen (secondary N) is 1. The molecule has 3 aromatic carbocycles. The highest BCUT2D eigenvalue weighted by Crippen LogP contribution is 2.39. The second kappa shape index (κ2) is 7.94. The normalized spacial score (nSPS) is 10.4. The van der Waals surface area contributed by atoms with Gasteiger partial charge in [0.2, 0.25) is 0 Å². The van der Waals surface area contributed by atoms with Crippen LogP contribution in [-0.4, -0.2) is 22.1 Å². The predicted molar refractivity (Wildman–Crippen MR) is 110 cm³/mol. The number of benzene rings is 3. The maximum atomic E-state index is 12.9. The summed E-state index contributed by atoms with van der Waals surface area (Å²) in [6, 6.07) is 18.0. The van der Waals surface area contributed by atoms with Gasteiger partial charge in [0.1, 0.15) is 11.3 Å². The lowest BCUT2D eigenvalue weighted by Crippen LogP contribution is -2.14. The maximum absolute atomic E-state index is 12.9. The number of phenols is 1. The highest BCUT2D eigenvalue weighted by molar-refractivity contribution is 9.11. The van der Waals surface area contributed by atoms with Gasteiger partial charge in [0.25, 0.3) is 5.91 Å². The molecule has 1 amide bonds. The van der Waals surface area contributed by atoms with Crippen LogP contribution in [-0.2, 0) is 0 Å². The SMILES string of the molecule is O=C(Nc1cc(Br)c(O)c(C(=O)O)c1Br)c1ccccc1-c1ccccc1. The zero-order valence-corrected chi connectivity index (χ0v) is 16.9. The quantitative estimate of drug-likeness (QED) is 0.419. The van der Waals surface area contributed by atoms with Crippen LogP contribution in [0.15, 0.2) is 69.6 Å². The molecule has 0 radical (unpaired) electrons. The summed E-state index contributed by atoms with van der Waals surface area (Å²) in [6.45, 7) is 0. The second-order valence-electron chi connectivity index (χ2n) is 5.61. The summed E-state index contributed by atoms with van der Waals surface area (Å²) in [5, 5.41) is 22.0. The van der Waals surface area contributed by atoms with E-state index in [0.717, 1.165) is 11.1 Å². The molecule has 0 fully saturated rings. The number of carbonyl (C=O) groups excluding carboxylic acids is 1. The number of anilines is 1. The summed E-state index contributed by atoms with van der Waals surface area (Å²) < 4.78 is 0.246. The molecule has 0 aliphatic carbocycles. The topological polar surface area (TPSA) is 86.6 Å². The van der Waals surface area contributed by atoms with Crippen molar-refractivity contribution in [3.8, 4) is 16.9 Å². The number of carboxylic acids is 1. The molecule has 0 unspecified atom stereocenters. The van der Waals surface area contributed by atoms with Gasteiger partial charge in [-0.15, -0.1) is 0 Å². The highest BCUT2D eigenvalue weighted by Gasteiger charge is 2.22. The average molecular weight is 491 g/mol. The molecule has 5 nitrogen and oxygen atoms in total. The van der Waals surface area contributed by atoms with E-state index in [9.17, 15) is 19.8 Å². The van der Waals surface area contributed by atoms with Crippen LogP contribution in [0.2, 0.25) is 0 Å². The van der Waals surface area contributed by atoms with Crippen molar-refractivity contribution in [2.24, 2.45) is 0 Å². The van der Waals surface area contributed by atoms with Gasteiger partial charge in [0, 0.05) is 5.56 Å². The van der Waals surface area contributed by atoms with Gasteiger partial charge in [-0.05, 0) is 55.1 Å². The fourth-order valence-electron chi connectivity index (χ4n) is 2.64. The smallest absolute Gasteiger partial charge is 0.340 e. The van der Waals surface area contributed by atoms with Gasteiger partial charge in [-0.2, -0.15) is 0 Å². The Balaban J connectivity index is 2.02. The van der Waals surface area contributed by atoms with Crippen molar-refractivity contribution >= 4 is 49.4 Å². The van der Waals surface area contributed by atoms with Crippen molar-refractivity contribution in [3.63, 3.8) is 0 Å². The Hall–Kier alpha value is -2.64. The standard InChI is InChI=1S/C20H13Br2NO4/c21-14-10-15(17(22)16(18(14)24)20(26)27)23-19(25)13-9-5-4-8-12(13)11-6-2-1-3-7-11/h1-10,24H,(H,23,25)(H,26,27). The summed E-state index contributed by atoms with van der Waals surface area (Å²) in [6.07, 6.45) is 0. The molecule has 0 saturated carbocycles. The van der Waals surface area contributed by atoms with E-state index in [4.69, 9.17) is 0 Å². The summed E-state index contributed by atoms with van der Waals surface area (Å²) in [4.78, 5) is 24.3. The first-order valence-corrected chi connectivity index (χ1v) is 9.38. The Kier molecular flexibility index (Phi) is 5.62. The van der Waals surface area contributed by atoms with Crippen LogP contribution >= 0.6 is 31.9 Å². The van der Waals surface area contributed by atoms with Crippen LogP contribution in [0.25, 0.3) is 11.1 Å². The first-order chi connectivity index (χ1) is 12.9. The van der Waals surface area contributed by atoms with Gasteiger partial charge >= 0.3 is 5.97 Å². The van der Waals surface area contributed by atoms with Crippen molar-refractivity contribution in [3.05, 3.63) is 80.7 Å². The molecule has 3 aromatic rings. The third kappa shape index (κ3) is 3.89. The molecule has 136 valence electrons. The Bertz CT molecular complexity index is 1040. The summed E-state index contributed by atoms with van der Waals surface area (Å²) in [5.74, 6) is -2.14. The molecular formula is C20H13Br2NO4. The van der Waals surface area contributed by atoms with E-state index in [1.807, 2.05) is 42.5 Å². The van der Waals surface area contributed by atoms with Crippen molar-refractivity contribution in [2.75, 3.05) is 5.32 Å². The van der Waals surface area contributed by atoms with Crippen LogP contribution in [0.3, 0.4) is 0 Å². The van der Waals surface area contributed by atoms with Gasteiger partial charge in [-0.25, -0.2) is 4.79 Å². The van der Waals surface area contributed by atoms with Crippen LogP contribution in [0, 0.1) is 0 Å². The number of aromatic hydroxyl groups is 1. The van der Waals surface area contributed by atoms with E-state index in [0.29, 0.717) is 5.56 Å². The predicted octanol–water partition coefficient (Wildman–Crippen LogP) is 5.53. The number of hydrogen-bond donors (Lipinski definition) is 3. The monoisotopic (exact) mass is 489 g/mol. The first-order valence-electron chi connectivity index (χ1n) is 7.80. The highest BCUT2D eigenvalue weighted by atomic mass is 79.9. The number of carbonyl (C=O) groups is 2. The van der Waals surface area contributed by atoms with E-state index < -0.39 is 17.6 Å². The molecule has 0 bridgehead atoms. The Morgan fingerprint density at radius 3 is 2.22 bits per heavy atom. The molecule has 27 heavy (non-hydrogen) atoms. The number of carboxylic acid groups (broad SMARTS) is 1. The molecule has 0 heterocycles. The lowest BCUT2D eigenvalue weighted by Gasteiger charge is -2.14. The minimum atomic E-state index is -1.32. The van der Waals surface area contributed by atoms with Crippen LogP contribution < -0.4 is 5.32 Å². The van der Waals surface area contributed by atoms with Crippen LogP contribution in [0.4, 0.5) is 5.69 Å². The van der Waals surface area contributed by atoms with Crippen LogP contribution in [0.1, 0.15) is 20.7 Å². The molecule has 0 spiro atoms. The fourth-order valence-corrected chi connectivity index (χ4v) is 3.64. The average Bonchev–Trinajstić information content (AvgIpc) is 2.66. The van der Waals surface area contributed by atoms with Gasteiger partial charge in [-0.1, -0.05) is 48.5 Å². The van der Waals surface area contributed by atoms with Crippen molar-refractivity contribution in [2.45, 2.75) is 0 Å². The fraction of sp³-hybridized carbons (Fsp3) is 0. The molecule has 3 N–H and O–H groups in total. The lowest BCUT2D eigenvalue weighted by atomic mass is 9.99. The number of rotatable bonds is 4. The minimum absolute atomic E-state index is 0.0845. The van der Waals surface area contributed by atoms with E-state index in [1.165, 1.54) is 6.07 Å². The third-order valence-electron chi connectivity index (χ3n) is 3.91. The van der Waals surface area contributed by atoms with Gasteiger partial charge in [-0.3, -0.25) is 4.79 Å². The van der Waals surface area contributed by atoms with Gasteiger partial charge in [0.15, 0.2) is 0 Å². The molecule has 0 atom stereocenters. The Morgan fingerprint density at radius 2 is 1.56 bits per heavy atom. The summed E-state index contributed by atoms with van der Waals surface area (Å²) >= 11 is 6.27. The molecule has 0 saturated heterocycles. The van der Waals surface area contributed by atoms with Crippen molar-refractivity contribution in [1.29, 1.82) is 0 Å².